The summed E-state index contributed by atoms with van der Waals surface area (Å²) in [4.78, 5) is 12.2. The zero-order valence-electron chi connectivity index (χ0n) is 21.6. The van der Waals surface area contributed by atoms with Crippen LogP contribution in [0.15, 0.2) is 78.9 Å². The summed E-state index contributed by atoms with van der Waals surface area (Å²) in [6, 6.07) is 24.7. The molecule has 7 nitrogen and oxygen atoms in total. The molecule has 0 fully saturated rings. The Labute approximate surface area is 220 Å². The molecule has 0 saturated carbocycles. The van der Waals surface area contributed by atoms with Gasteiger partial charge in [0.15, 0.2) is 0 Å². The average Bonchev–Trinajstić information content (AvgIpc) is 2.89. The van der Waals surface area contributed by atoms with Gasteiger partial charge in [0.05, 0.1) is 18.5 Å². The lowest BCUT2D eigenvalue weighted by Gasteiger charge is -2.22. The van der Waals surface area contributed by atoms with Crippen LogP contribution in [0, 0.1) is 0 Å². The Morgan fingerprint density at radius 2 is 1.51 bits per heavy atom. The highest BCUT2D eigenvalue weighted by molar-refractivity contribution is 7.92. The Kier molecular flexibility index (Phi) is 10.8. The van der Waals surface area contributed by atoms with E-state index < -0.39 is 10.0 Å². The number of rotatable bonds is 15. The van der Waals surface area contributed by atoms with Gasteiger partial charge in [-0.2, -0.15) is 0 Å². The summed E-state index contributed by atoms with van der Waals surface area (Å²) in [5.41, 5.74) is 2.86. The van der Waals surface area contributed by atoms with E-state index in [2.05, 4.69) is 24.4 Å². The lowest BCUT2D eigenvalue weighted by Crippen LogP contribution is -2.32. The summed E-state index contributed by atoms with van der Waals surface area (Å²) in [6.07, 6.45) is 3.92. The topological polar surface area (TPSA) is 84.9 Å². The van der Waals surface area contributed by atoms with Gasteiger partial charge in [0, 0.05) is 13.0 Å². The largest absolute Gasteiger partial charge is 0.492 e. The standard InChI is InChI=1S/C29H36N2O5S/c1-3-8-24-12-16-27(17-13-24)35-22-20-30-29(32)11-7-21-31(37(2,33)34)26-14-18-28(19-15-26)36-23-25-9-5-4-6-10-25/h4-6,9-10,12-19H,3,7-8,11,20-23H2,1-2H3,(H,30,32). The second-order valence-electron chi connectivity index (χ2n) is 8.80. The van der Waals surface area contributed by atoms with Crippen LogP contribution in [-0.4, -0.2) is 40.3 Å². The second-order valence-corrected chi connectivity index (χ2v) is 10.7. The molecule has 0 spiro atoms. The van der Waals surface area contributed by atoms with E-state index in [-0.39, 0.29) is 18.9 Å². The van der Waals surface area contributed by atoms with Crippen LogP contribution >= 0.6 is 0 Å². The third kappa shape index (κ3) is 9.80. The number of aryl methyl sites for hydroxylation is 1. The van der Waals surface area contributed by atoms with E-state index in [0.717, 1.165) is 24.2 Å². The van der Waals surface area contributed by atoms with E-state index in [1.165, 1.54) is 16.1 Å². The van der Waals surface area contributed by atoms with Gasteiger partial charge >= 0.3 is 0 Å². The molecule has 0 aliphatic rings. The number of sulfonamides is 1. The number of carbonyl (C=O) groups excluding carboxylic acids is 1. The molecule has 0 heterocycles. The molecule has 3 aromatic rings. The zero-order chi connectivity index (χ0) is 26.5. The van der Waals surface area contributed by atoms with Gasteiger partial charge in [-0.15, -0.1) is 0 Å². The molecule has 1 amide bonds. The number of ether oxygens (including phenoxy) is 2. The van der Waals surface area contributed by atoms with Crippen molar-refractivity contribution in [2.75, 3.05) is 30.3 Å². The Morgan fingerprint density at radius 1 is 0.865 bits per heavy atom. The first-order valence-electron chi connectivity index (χ1n) is 12.6. The fourth-order valence-corrected chi connectivity index (χ4v) is 4.77. The second kappa shape index (κ2) is 14.3. The highest BCUT2D eigenvalue weighted by Gasteiger charge is 2.17. The molecule has 1 N–H and O–H groups in total. The molecule has 0 bridgehead atoms. The van der Waals surface area contributed by atoms with Crippen molar-refractivity contribution in [2.24, 2.45) is 0 Å². The Morgan fingerprint density at radius 3 is 2.16 bits per heavy atom. The minimum atomic E-state index is -3.50. The average molecular weight is 525 g/mol. The number of benzene rings is 3. The smallest absolute Gasteiger partial charge is 0.232 e. The molecule has 0 radical (unpaired) electrons. The first-order chi connectivity index (χ1) is 17.8. The summed E-state index contributed by atoms with van der Waals surface area (Å²) < 4.78 is 37.5. The van der Waals surface area contributed by atoms with E-state index >= 15 is 0 Å². The molecule has 0 aliphatic heterocycles. The number of carbonyl (C=O) groups is 1. The van der Waals surface area contributed by atoms with Crippen molar-refractivity contribution in [3.8, 4) is 11.5 Å². The zero-order valence-corrected chi connectivity index (χ0v) is 22.4. The van der Waals surface area contributed by atoms with Gasteiger partial charge < -0.3 is 14.8 Å². The van der Waals surface area contributed by atoms with Crippen molar-refractivity contribution in [3.05, 3.63) is 90.0 Å². The first kappa shape index (κ1) is 28.1. The molecule has 0 aromatic heterocycles. The predicted molar refractivity (Wildman–Crippen MR) is 148 cm³/mol. The van der Waals surface area contributed by atoms with E-state index in [9.17, 15) is 13.2 Å². The molecule has 37 heavy (non-hydrogen) atoms. The Hall–Kier alpha value is -3.52. The molecule has 3 aromatic carbocycles. The third-order valence-electron chi connectivity index (χ3n) is 5.69. The van der Waals surface area contributed by atoms with Gasteiger partial charge in [-0.1, -0.05) is 55.8 Å². The van der Waals surface area contributed by atoms with Crippen LogP contribution in [-0.2, 0) is 27.8 Å². The highest BCUT2D eigenvalue weighted by atomic mass is 32.2. The van der Waals surface area contributed by atoms with Gasteiger partial charge in [-0.25, -0.2) is 8.42 Å². The normalized spacial score (nSPS) is 11.1. The fourth-order valence-electron chi connectivity index (χ4n) is 3.81. The predicted octanol–water partition coefficient (Wildman–Crippen LogP) is 4.96. The van der Waals surface area contributed by atoms with Crippen molar-refractivity contribution in [3.63, 3.8) is 0 Å². The van der Waals surface area contributed by atoms with Crippen LogP contribution in [0.25, 0.3) is 0 Å². The molecule has 198 valence electrons. The maximum atomic E-state index is 12.4. The molecule has 0 unspecified atom stereocenters. The van der Waals surface area contributed by atoms with Crippen LogP contribution in [0.3, 0.4) is 0 Å². The molecule has 0 atom stereocenters. The fraction of sp³-hybridized carbons (Fsp3) is 0.345. The van der Waals surface area contributed by atoms with Gasteiger partial charge in [0.2, 0.25) is 15.9 Å². The molecule has 3 rings (SSSR count). The van der Waals surface area contributed by atoms with E-state index in [1.54, 1.807) is 24.3 Å². The number of hydrogen-bond donors (Lipinski definition) is 1. The van der Waals surface area contributed by atoms with Crippen molar-refractivity contribution in [2.45, 2.75) is 39.2 Å². The van der Waals surface area contributed by atoms with Crippen molar-refractivity contribution >= 4 is 21.6 Å². The lowest BCUT2D eigenvalue weighted by molar-refractivity contribution is -0.121. The van der Waals surface area contributed by atoms with Crippen molar-refractivity contribution in [1.82, 2.24) is 5.32 Å². The quantitative estimate of drug-likeness (QED) is 0.284. The summed E-state index contributed by atoms with van der Waals surface area (Å²) in [5.74, 6) is 1.29. The molecule has 0 saturated heterocycles. The summed E-state index contributed by atoms with van der Waals surface area (Å²) in [5, 5.41) is 2.82. The molecular weight excluding hydrogens is 488 g/mol. The number of anilines is 1. The minimum absolute atomic E-state index is 0.139. The van der Waals surface area contributed by atoms with Crippen LogP contribution in [0.4, 0.5) is 5.69 Å². The molecular formula is C29H36N2O5S. The van der Waals surface area contributed by atoms with Crippen molar-refractivity contribution in [1.29, 1.82) is 0 Å². The molecule has 8 heteroatoms. The van der Waals surface area contributed by atoms with Gasteiger partial charge in [-0.05, 0) is 60.4 Å². The number of hydrogen-bond acceptors (Lipinski definition) is 5. The number of nitrogens with zero attached hydrogens (tertiary/aromatic N) is 1. The Balaban J connectivity index is 1.40. The SMILES string of the molecule is CCCc1ccc(OCCNC(=O)CCCN(c2ccc(OCc3ccccc3)cc2)S(C)(=O)=O)cc1. The number of amides is 1. The lowest BCUT2D eigenvalue weighted by atomic mass is 10.1. The summed E-state index contributed by atoms with van der Waals surface area (Å²) in [7, 11) is -3.50. The monoisotopic (exact) mass is 524 g/mol. The maximum absolute atomic E-state index is 12.4. The van der Waals surface area contributed by atoms with Gasteiger partial charge in [-0.3, -0.25) is 9.10 Å². The van der Waals surface area contributed by atoms with Crippen LogP contribution in [0.2, 0.25) is 0 Å². The Bertz CT molecular complexity index is 1200. The third-order valence-corrected chi connectivity index (χ3v) is 6.89. The van der Waals surface area contributed by atoms with Gasteiger partial charge in [0.25, 0.3) is 0 Å². The van der Waals surface area contributed by atoms with Crippen LogP contribution < -0.4 is 19.1 Å². The summed E-state index contributed by atoms with van der Waals surface area (Å²) in [6.45, 7) is 3.54. The van der Waals surface area contributed by atoms with E-state index in [0.29, 0.717) is 37.6 Å². The van der Waals surface area contributed by atoms with Gasteiger partial charge in [0.1, 0.15) is 24.7 Å². The van der Waals surface area contributed by atoms with E-state index in [1.807, 2.05) is 42.5 Å². The van der Waals surface area contributed by atoms with E-state index in [4.69, 9.17) is 9.47 Å². The first-order valence-corrected chi connectivity index (χ1v) is 14.4. The minimum Gasteiger partial charge on any atom is -0.492 e. The highest BCUT2D eigenvalue weighted by Crippen LogP contribution is 2.23. The maximum Gasteiger partial charge on any atom is 0.232 e. The van der Waals surface area contributed by atoms with Crippen LogP contribution in [0.1, 0.15) is 37.3 Å². The number of nitrogens with one attached hydrogen (secondary N) is 1. The summed E-state index contributed by atoms with van der Waals surface area (Å²) >= 11 is 0. The van der Waals surface area contributed by atoms with Crippen LogP contribution in [0.5, 0.6) is 11.5 Å². The van der Waals surface area contributed by atoms with Crippen molar-refractivity contribution < 1.29 is 22.7 Å². The molecule has 0 aliphatic carbocycles.